The molecule has 2 heteroatoms. The van der Waals surface area contributed by atoms with Gasteiger partial charge in [0.1, 0.15) is 12.2 Å². The summed E-state index contributed by atoms with van der Waals surface area (Å²) in [6, 6.07) is 0. The zero-order chi connectivity index (χ0) is 23.5. The van der Waals surface area contributed by atoms with Crippen LogP contribution in [0.5, 0.6) is 0 Å². The summed E-state index contributed by atoms with van der Waals surface area (Å²) < 4.78 is 0. The van der Waals surface area contributed by atoms with Crippen molar-refractivity contribution in [1.29, 1.82) is 0 Å². The lowest BCUT2D eigenvalue weighted by molar-refractivity contribution is 0.280. The molecule has 0 spiro atoms. The van der Waals surface area contributed by atoms with E-state index < -0.39 is 12.2 Å². The summed E-state index contributed by atoms with van der Waals surface area (Å²) in [5.41, 5.74) is 0. The van der Waals surface area contributed by atoms with Crippen LogP contribution in [0.1, 0.15) is 89.9 Å². The summed E-state index contributed by atoms with van der Waals surface area (Å²) in [6.45, 7) is 0. The molecule has 2 nitrogen and oxygen atoms in total. The molecule has 174 valence electrons. The molecule has 0 aromatic rings. The van der Waals surface area contributed by atoms with Gasteiger partial charge in [0.2, 0.25) is 0 Å². The Morgan fingerprint density at radius 1 is 0.562 bits per heavy atom. The van der Waals surface area contributed by atoms with Gasteiger partial charge in [-0.2, -0.15) is 0 Å². The second-order valence-corrected chi connectivity index (χ2v) is 7.76. The predicted molar refractivity (Wildman–Crippen MR) is 139 cm³/mol. The van der Waals surface area contributed by atoms with Gasteiger partial charge in [-0.05, 0) is 63.5 Å². The predicted octanol–water partition coefficient (Wildman–Crippen LogP) is 6.66. The molecule has 0 saturated heterocycles. The Labute approximate surface area is 197 Å². The van der Waals surface area contributed by atoms with Gasteiger partial charge in [0.15, 0.2) is 0 Å². The van der Waals surface area contributed by atoms with Crippen molar-refractivity contribution in [3.05, 3.63) is 48.6 Å². The SMILES string of the molecule is C#CC(O)C=CCCCCCCC#CCC=CCC=CCCCCCCC=CC(O)C#C. The van der Waals surface area contributed by atoms with Crippen molar-refractivity contribution in [2.24, 2.45) is 0 Å². The van der Waals surface area contributed by atoms with E-state index in [4.69, 9.17) is 12.8 Å². The molecule has 2 unspecified atom stereocenters. The summed E-state index contributed by atoms with van der Waals surface area (Å²) in [5, 5.41) is 18.4. The van der Waals surface area contributed by atoms with Crippen LogP contribution in [0.4, 0.5) is 0 Å². The van der Waals surface area contributed by atoms with Crippen LogP contribution in [0.15, 0.2) is 48.6 Å². The number of rotatable bonds is 18. The smallest absolute Gasteiger partial charge is 0.133 e. The number of allylic oxidation sites excluding steroid dienone is 6. The third-order valence-corrected chi connectivity index (χ3v) is 4.84. The fourth-order valence-electron chi connectivity index (χ4n) is 2.96. The second-order valence-electron chi connectivity index (χ2n) is 7.76. The normalized spacial score (nSPS) is 13.4. The molecule has 0 saturated carbocycles. The van der Waals surface area contributed by atoms with Gasteiger partial charge in [-0.1, -0.05) is 79.9 Å². The highest BCUT2D eigenvalue weighted by Gasteiger charge is 1.91. The zero-order valence-corrected chi connectivity index (χ0v) is 19.7. The topological polar surface area (TPSA) is 40.5 Å². The molecule has 0 bridgehead atoms. The molecule has 0 aromatic heterocycles. The molecule has 0 fully saturated rings. The molecule has 32 heavy (non-hydrogen) atoms. The number of aliphatic hydroxyl groups is 2. The Hall–Kier alpha value is -2.44. The van der Waals surface area contributed by atoms with Gasteiger partial charge in [-0.15, -0.1) is 18.8 Å². The molecule has 2 N–H and O–H groups in total. The number of hydrogen-bond donors (Lipinski definition) is 2. The van der Waals surface area contributed by atoms with Crippen LogP contribution in [0.25, 0.3) is 0 Å². The van der Waals surface area contributed by atoms with Gasteiger partial charge in [-0.3, -0.25) is 0 Å². The highest BCUT2D eigenvalue weighted by molar-refractivity contribution is 5.07. The quantitative estimate of drug-likeness (QED) is 0.144. The molecule has 0 aliphatic carbocycles. The highest BCUT2D eigenvalue weighted by Crippen LogP contribution is 2.07. The summed E-state index contributed by atoms with van der Waals surface area (Å²) in [7, 11) is 0. The van der Waals surface area contributed by atoms with Crippen molar-refractivity contribution in [2.45, 2.75) is 102 Å². The van der Waals surface area contributed by atoms with E-state index in [0.29, 0.717) is 0 Å². The molecule has 0 aromatic carbocycles. The van der Waals surface area contributed by atoms with Gasteiger partial charge in [0.05, 0.1) is 0 Å². The van der Waals surface area contributed by atoms with E-state index >= 15 is 0 Å². The molecule has 0 aliphatic heterocycles. The molecule has 0 aliphatic rings. The average Bonchev–Trinajstić information content (AvgIpc) is 2.81. The van der Waals surface area contributed by atoms with Gasteiger partial charge >= 0.3 is 0 Å². The first kappa shape index (κ1) is 29.6. The van der Waals surface area contributed by atoms with Gasteiger partial charge in [0, 0.05) is 12.8 Å². The molecule has 0 rings (SSSR count). The van der Waals surface area contributed by atoms with E-state index in [2.05, 4.69) is 48.0 Å². The summed E-state index contributed by atoms with van der Waals surface area (Å²) in [5.74, 6) is 11.0. The van der Waals surface area contributed by atoms with Crippen molar-refractivity contribution in [3.8, 4) is 36.5 Å². The standard InChI is InChI=1S/C30H42O2/c1-3-29(31)27-25-23-21-19-17-15-13-11-9-7-5-6-8-10-12-14-16-18-20-22-24-26-28-30(32)4-2/h1-2,5-6,9,11,25-32H,7-8,13-24H2. The Kier molecular flexibility index (Phi) is 22.9. The van der Waals surface area contributed by atoms with E-state index in [1.807, 2.05) is 12.2 Å². The zero-order valence-electron chi connectivity index (χ0n) is 19.7. The second kappa shape index (κ2) is 24.8. The maximum Gasteiger partial charge on any atom is 0.133 e. The number of unbranched alkanes of at least 4 members (excludes halogenated alkanes) is 10. The number of hydrogen-bond acceptors (Lipinski definition) is 2. The molecule has 0 amide bonds. The van der Waals surface area contributed by atoms with Crippen LogP contribution in [-0.2, 0) is 0 Å². The van der Waals surface area contributed by atoms with Crippen LogP contribution in [-0.4, -0.2) is 22.4 Å². The van der Waals surface area contributed by atoms with E-state index in [0.717, 1.165) is 57.8 Å². The lowest BCUT2D eigenvalue weighted by Crippen LogP contribution is -1.95. The minimum absolute atomic E-state index is 0.738. The molecule has 0 heterocycles. The Morgan fingerprint density at radius 2 is 1.06 bits per heavy atom. The average molecular weight is 435 g/mol. The Bertz CT molecular complexity index is 685. The van der Waals surface area contributed by atoms with Crippen LogP contribution >= 0.6 is 0 Å². The van der Waals surface area contributed by atoms with Gasteiger partial charge in [-0.25, -0.2) is 0 Å². The monoisotopic (exact) mass is 434 g/mol. The lowest BCUT2D eigenvalue weighted by Gasteiger charge is -1.97. The first-order valence-electron chi connectivity index (χ1n) is 12.1. The lowest BCUT2D eigenvalue weighted by atomic mass is 10.1. The number of terminal acetylenes is 2. The largest absolute Gasteiger partial charge is 0.377 e. The first-order valence-corrected chi connectivity index (χ1v) is 12.1. The summed E-state index contributed by atoms with van der Waals surface area (Å²) >= 11 is 0. The van der Waals surface area contributed by atoms with Crippen LogP contribution in [0.2, 0.25) is 0 Å². The van der Waals surface area contributed by atoms with Crippen molar-refractivity contribution >= 4 is 0 Å². The van der Waals surface area contributed by atoms with Crippen LogP contribution in [0, 0.1) is 36.5 Å². The minimum atomic E-state index is -0.743. The highest BCUT2D eigenvalue weighted by atomic mass is 16.3. The van der Waals surface area contributed by atoms with Crippen molar-refractivity contribution in [3.63, 3.8) is 0 Å². The van der Waals surface area contributed by atoms with E-state index in [9.17, 15) is 10.2 Å². The van der Waals surface area contributed by atoms with Gasteiger partial charge < -0.3 is 10.2 Å². The summed E-state index contributed by atoms with van der Waals surface area (Å²) in [4.78, 5) is 0. The van der Waals surface area contributed by atoms with Crippen molar-refractivity contribution in [2.75, 3.05) is 0 Å². The van der Waals surface area contributed by atoms with Crippen LogP contribution in [0.3, 0.4) is 0 Å². The molecular formula is C30H42O2. The third kappa shape index (κ3) is 23.8. The van der Waals surface area contributed by atoms with E-state index in [-0.39, 0.29) is 0 Å². The Balaban J connectivity index is 3.42. The van der Waals surface area contributed by atoms with Crippen molar-refractivity contribution in [1.82, 2.24) is 0 Å². The maximum absolute atomic E-state index is 9.19. The number of aliphatic hydroxyl groups excluding tert-OH is 2. The minimum Gasteiger partial charge on any atom is -0.377 e. The molecule has 0 radical (unpaired) electrons. The Morgan fingerprint density at radius 3 is 1.62 bits per heavy atom. The van der Waals surface area contributed by atoms with Crippen molar-refractivity contribution < 1.29 is 10.2 Å². The first-order chi connectivity index (χ1) is 15.7. The van der Waals surface area contributed by atoms with Gasteiger partial charge in [0.25, 0.3) is 0 Å². The van der Waals surface area contributed by atoms with E-state index in [1.54, 1.807) is 12.2 Å². The molecular weight excluding hydrogens is 392 g/mol. The fraction of sp³-hybridized carbons (Fsp3) is 0.533. The van der Waals surface area contributed by atoms with E-state index in [1.165, 1.54) is 32.1 Å². The third-order valence-electron chi connectivity index (χ3n) is 4.84. The van der Waals surface area contributed by atoms with Crippen LogP contribution < -0.4 is 0 Å². The summed E-state index contributed by atoms with van der Waals surface area (Å²) in [6.07, 6.45) is 40.3. The molecule has 2 atom stereocenters. The maximum atomic E-state index is 9.19. The fourth-order valence-corrected chi connectivity index (χ4v) is 2.96.